The van der Waals surface area contributed by atoms with Gasteiger partial charge in [-0.25, -0.2) is 9.59 Å². The molecule has 0 aliphatic carbocycles. The Kier molecular flexibility index (Phi) is 8.71. The van der Waals surface area contributed by atoms with E-state index < -0.39 is 22.8 Å². The summed E-state index contributed by atoms with van der Waals surface area (Å²) in [6, 6.07) is 5.74. The van der Waals surface area contributed by atoms with E-state index in [-0.39, 0.29) is 30.0 Å². The quantitative estimate of drug-likeness (QED) is 0.335. The average Bonchev–Trinajstić information content (AvgIpc) is 2.79. The van der Waals surface area contributed by atoms with Gasteiger partial charge in [0.15, 0.2) is 0 Å². The third-order valence-corrected chi connectivity index (χ3v) is 4.66. The van der Waals surface area contributed by atoms with E-state index in [1.807, 2.05) is 0 Å². The molecule has 0 atom stereocenters. The maximum atomic E-state index is 12.8. The number of nitrogens with zero attached hydrogens (tertiary/aromatic N) is 1. The van der Waals surface area contributed by atoms with Crippen molar-refractivity contribution in [1.29, 1.82) is 0 Å². The van der Waals surface area contributed by atoms with Gasteiger partial charge in [-0.15, -0.1) is 0 Å². The minimum absolute atomic E-state index is 0.0381. The molecule has 1 heterocycles. The van der Waals surface area contributed by atoms with Gasteiger partial charge >= 0.3 is 11.9 Å². The summed E-state index contributed by atoms with van der Waals surface area (Å²) in [5, 5.41) is 14.4. The van der Waals surface area contributed by atoms with Crippen LogP contribution in [-0.2, 0) is 28.5 Å². The molecule has 1 aromatic carbocycles. The lowest BCUT2D eigenvalue weighted by atomic mass is 9.80. The third-order valence-electron chi connectivity index (χ3n) is 4.66. The van der Waals surface area contributed by atoms with Gasteiger partial charge in [0.2, 0.25) is 0 Å². The zero-order valence-electron chi connectivity index (χ0n) is 17.9. The fourth-order valence-corrected chi connectivity index (χ4v) is 3.30. The molecule has 0 amide bonds. The molecule has 0 aromatic heterocycles. The van der Waals surface area contributed by atoms with E-state index in [0.29, 0.717) is 30.2 Å². The highest BCUT2D eigenvalue weighted by Gasteiger charge is 2.40. The van der Waals surface area contributed by atoms with Gasteiger partial charge in [-0.2, -0.15) is 0 Å². The minimum atomic E-state index is -0.980. The van der Waals surface area contributed by atoms with Gasteiger partial charge in [0.1, 0.15) is 0 Å². The predicted octanol–water partition coefficient (Wildman–Crippen LogP) is 2.21. The van der Waals surface area contributed by atoms with Gasteiger partial charge in [0, 0.05) is 25.3 Å². The van der Waals surface area contributed by atoms with Gasteiger partial charge in [0.05, 0.1) is 60.8 Å². The van der Waals surface area contributed by atoms with Crippen molar-refractivity contribution in [2.75, 3.05) is 40.6 Å². The number of nitrogens with one attached hydrogen (secondary N) is 1. The number of carbonyl (C=O) groups is 2. The highest BCUT2D eigenvalue weighted by molar-refractivity contribution is 6.00. The number of nitro groups is 1. The molecule has 0 radical (unpaired) electrons. The molecule has 1 aromatic rings. The number of ether oxygens (including phenoxy) is 4. The first-order valence-electron chi connectivity index (χ1n) is 9.69. The largest absolute Gasteiger partial charge is 0.466 e. The maximum Gasteiger partial charge on any atom is 0.336 e. The number of carbonyl (C=O) groups excluding carboxylic acids is 2. The van der Waals surface area contributed by atoms with Gasteiger partial charge in [0.25, 0.3) is 5.69 Å². The highest BCUT2D eigenvalue weighted by Crippen LogP contribution is 2.40. The molecule has 0 saturated heterocycles. The summed E-state index contributed by atoms with van der Waals surface area (Å²) >= 11 is 0. The second-order valence-corrected chi connectivity index (χ2v) is 6.45. The lowest BCUT2D eigenvalue weighted by molar-refractivity contribution is -0.384. The summed E-state index contributed by atoms with van der Waals surface area (Å²) in [5.41, 5.74) is 1.16. The van der Waals surface area contributed by atoms with Gasteiger partial charge < -0.3 is 24.3 Å². The van der Waals surface area contributed by atoms with Crippen LogP contribution in [0.1, 0.15) is 25.3 Å². The summed E-state index contributed by atoms with van der Waals surface area (Å²) in [4.78, 5) is 36.4. The summed E-state index contributed by atoms with van der Waals surface area (Å²) < 4.78 is 21.0. The maximum absolute atomic E-state index is 12.8. The lowest BCUT2D eigenvalue weighted by Crippen LogP contribution is -2.36. The summed E-state index contributed by atoms with van der Waals surface area (Å²) in [7, 11) is 2.44. The van der Waals surface area contributed by atoms with E-state index in [0.717, 1.165) is 0 Å². The Balaban J connectivity index is 2.79. The molecule has 1 N–H and O–H groups in total. The number of esters is 2. The molecular formula is C21H26N2O8. The van der Waals surface area contributed by atoms with Crippen molar-refractivity contribution in [3.63, 3.8) is 0 Å². The second-order valence-electron chi connectivity index (χ2n) is 6.45. The third kappa shape index (κ3) is 5.47. The van der Waals surface area contributed by atoms with Crippen LogP contribution in [0.5, 0.6) is 0 Å². The van der Waals surface area contributed by atoms with Crippen molar-refractivity contribution in [2.45, 2.75) is 19.8 Å². The number of hydrogen-bond donors (Lipinski definition) is 1. The molecule has 0 saturated carbocycles. The Bertz CT molecular complexity index is 862. The summed E-state index contributed by atoms with van der Waals surface area (Å²) in [6.07, 6.45) is 0. The van der Waals surface area contributed by atoms with Crippen molar-refractivity contribution in [1.82, 2.24) is 5.32 Å². The summed E-state index contributed by atoms with van der Waals surface area (Å²) in [5.74, 6) is -2.38. The lowest BCUT2D eigenvalue weighted by Gasteiger charge is -2.32. The molecule has 10 heteroatoms. The first kappa shape index (κ1) is 24.0. The van der Waals surface area contributed by atoms with Crippen molar-refractivity contribution in [2.24, 2.45) is 0 Å². The van der Waals surface area contributed by atoms with E-state index in [9.17, 15) is 19.7 Å². The highest BCUT2D eigenvalue weighted by atomic mass is 16.6. The average molecular weight is 434 g/mol. The number of nitro benzene ring substituents is 1. The second kappa shape index (κ2) is 11.2. The number of rotatable bonds is 10. The number of dihydropyridines is 1. The Morgan fingerprint density at radius 2 is 1.52 bits per heavy atom. The molecule has 31 heavy (non-hydrogen) atoms. The molecule has 0 fully saturated rings. The van der Waals surface area contributed by atoms with Crippen molar-refractivity contribution < 1.29 is 33.5 Å². The number of hydrogen-bond acceptors (Lipinski definition) is 9. The van der Waals surface area contributed by atoms with Crippen LogP contribution in [0.15, 0.2) is 46.8 Å². The smallest absolute Gasteiger partial charge is 0.336 e. The minimum Gasteiger partial charge on any atom is -0.466 e. The standard InChI is InChI=1S/C21H26N2O8/c1-5-30-11-15-18(20(24)28-3)17(13-8-7-9-14(10-13)23(26)27)19(21(25)29-4)16(22-15)12-31-6-2/h7-10,17,22H,5-6,11-12H2,1-4H3. The molecule has 1 aliphatic rings. The van der Waals surface area contributed by atoms with Crippen LogP contribution >= 0.6 is 0 Å². The van der Waals surface area contributed by atoms with Crippen molar-refractivity contribution >= 4 is 17.6 Å². The van der Waals surface area contributed by atoms with Gasteiger partial charge in [-0.3, -0.25) is 10.1 Å². The van der Waals surface area contributed by atoms with Crippen LogP contribution in [0, 0.1) is 10.1 Å². The molecule has 10 nitrogen and oxygen atoms in total. The van der Waals surface area contributed by atoms with Crippen LogP contribution in [0.4, 0.5) is 5.69 Å². The molecule has 168 valence electrons. The number of benzene rings is 1. The normalized spacial score (nSPS) is 14.3. The van der Waals surface area contributed by atoms with Crippen molar-refractivity contribution in [3.8, 4) is 0 Å². The zero-order valence-corrected chi connectivity index (χ0v) is 17.9. The van der Waals surface area contributed by atoms with E-state index in [1.54, 1.807) is 19.9 Å². The molecule has 0 bridgehead atoms. The van der Waals surface area contributed by atoms with E-state index in [2.05, 4.69) is 5.32 Å². The topological polar surface area (TPSA) is 126 Å². The molecule has 0 unspecified atom stereocenters. The Labute approximate surface area is 180 Å². The van der Waals surface area contributed by atoms with Crippen LogP contribution in [0.3, 0.4) is 0 Å². The number of methoxy groups -OCH3 is 2. The van der Waals surface area contributed by atoms with Crippen molar-refractivity contribution in [3.05, 3.63) is 62.5 Å². The fraction of sp³-hybridized carbons (Fsp3) is 0.429. The first-order valence-corrected chi connectivity index (χ1v) is 9.69. The van der Waals surface area contributed by atoms with Gasteiger partial charge in [-0.1, -0.05) is 12.1 Å². The molecule has 0 spiro atoms. The van der Waals surface area contributed by atoms with Crippen LogP contribution in [0.25, 0.3) is 0 Å². The Morgan fingerprint density at radius 1 is 1.00 bits per heavy atom. The van der Waals surface area contributed by atoms with E-state index in [4.69, 9.17) is 18.9 Å². The first-order chi connectivity index (χ1) is 14.9. The number of non-ortho nitro benzene ring substituents is 1. The SMILES string of the molecule is CCOCC1=C(C(=O)OC)C(c2cccc([N+](=O)[O-])c2)C(C(=O)OC)=C(COCC)N1. The van der Waals surface area contributed by atoms with Crippen LogP contribution in [0.2, 0.25) is 0 Å². The Hall–Kier alpha value is -3.24. The van der Waals surface area contributed by atoms with Crippen LogP contribution < -0.4 is 5.32 Å². The molecular weight excluding hydrogens is 408 g/mol. The Morgan fingerprint density at radius 3 is 1.94 bits per heavy atom. The zero-order chi connectivity index (χ0) is 23.0. The van der Waals surface area contributed by atoms with Crippen LogP contribution in [-0.4, -0.2) is 57.5 Å². The van der Waals surface area contributed by atoms with Gasteiger partial charge in [-0.05, 0) is 19.4 Å². The molecule has 1 aliphatic heterocycles. The monoisotopic (exact) mass is 434 g/mol. The predicted molar refractivity (Wildman–Crippen MR) is 110 cm³/mol. The van der Waals surface area contributed by atoms with E-state index >= 15 is 0 Å². The summed E-state index contributed by atoms with van der Waals surface area (Å²) in [6.45, 7) is 4.45. The fourth-order valence-electron chi connectivity index (χ4n) is 3.30. The molecule has 2 rings (SSSR count). The van der Waals surface area contributed by atoms with E-state index in [1.165, 1.54) is 32.4 Å².